The number of nitrogens with one attached hydrogen (secondary N) is 1. The van der Waals surface area contributed by atoms with Crippen LogP contribution < -0.4 is 19.7 Å². The van der Waals surface area contributed by atoms with Crippen LogP contribution in [0.2, 0.25) is 0 Å². The van der Waals surface area contributed by atoms with E-state index in [1.165, 1.54) is 5.56 Å². The molecule has 1 saturated heterocycles. The third kappa shape index (κ3) is 3.53. The van der Waals surface area contributed by atoms with E-state index in [0.29, 0.717) is 37.8 Å². The van der Waals surface area contributed by atoms with E-state index in [4.69, 9.17) is 14.2 Å². The summed E-state index contributed by atoms with van der Waals surface area (Å²) in [5.41, 5.74) is 1.97. The first-order chi connectivity index (χ1) is 12.3. The Balaban J connectivity index is 1.35. The van der Waals surface area contributed by atoms with Crippen LogP contribution in [0.15, 0.2) is 48.5 Å². The Kier molecular flexibility index (Phi) is 4.43. The van der Waals surface area contributed by atoms with Gasteiger partial charge in [0.05, 0.1) is 12.2 Å². The van der Waals surface area contributed by atoms with Crippen molar-refractivity contribution in [3.8, 4) is 11.5 Å². The molecule has 130 valence electrons. The van der Waals surface area contributed by atoms with Crippen molar-refractivity contribution in [2.45, 2.75) is 12.6 Å². The number of ether oxygens (including phenoxy) is 3. The Morgan fingerprint density at radius 3 is 2.68 bits per heavy atom. The maximum Gasteiger partial charge on any atom is 0.414 e. The number of amides is 1. The maximum absolute atomic E-state index is 12.2. The lowest BCUT2D eigenvalue weighted by atomic mass is 10.2. The number of fused-ring (bicyclic) bond motifs is 1. The number of rotatable bonds is 5. The van der Waals surface area contributed by atoms with Crippen molar-refractivity contribution in [1.82, 2.24) is 5.32 Å². The van der Waals surface area contributed by atoms with Gasteiger partial charge in [-0.3, -0.25) is 4.90 Å². The van der Waals surface area contributed by atoms with E-state index in [-0.39, 0.29) is 12.2 Å². The van der Waals surface area contributed by atoms with Crippen molar-refractivity contribution in [1.29, 1.82) is 0 Å². The smallest absolute Gasteiger partial charge is 0.414 e. The van der Waals surface area contributed by atoms with Crippen LogP contribution in [-0.4, -0.2) is 38.5 Å². The molecule has 1 fully saturated rings. The highest BCUT2D eigenvalue weighted by molar-refractivity contribution is 5.90. The van der Waals surface area contributed by atoms with Gasteiger partial charge in [0.1, 0.15) is 19.3 Å². The second-order valence-electron chi connectivity index (χ2n) is 6.06. The molecule has 0 bridgehead atoms. The van der Waals surface area contributed by atoms with E-state index in [0.717, 1.165) is 12.2 Å². The number of hydrogen-bond donors (Lipinski definition) is 1. The summed E-state index contributed by atoms with van der Waals surface area (Å²) < 4.78 is 16.6. The lowest BCUT2D eigenvalue weighted by molar-refractivity contribution is 0.140. The van der Waals surface area contributed by atoms with Gasteiger partial charge in [0, 0.05) is 19.2 Å². The van der Waals surface area contributed by atoms with E-state index in [1.54, 1.807) is 4.90 Å². The molecule has 0 saturated carbocycles. The van der Waals surface area contributed by atoms with Crippen molar-refractivity contribution < 1.29 is 19.0 Å². The molecular weight excluding hydrogens is 320 g/mol. The van der Waals surface area contributed by atoms with E-state index >= 15 is 0 Å². The van der Waals surface area contributed by atoms with E-state index < -0.39 is 0 Å². The summed E-state index contributed by atoms with van der Waals surface area (Å²) in [6.07, 6.45) is -0.507. The molecule has 0 radical (unpaired) electrons. The molecule has 2 aromatic carbocycles. The van der Waals surface area contributed by atoms with Crippen molar-refractivity contribution in [3.05, 3.63) is 54.1 Å². The maximum atomic E-state index is 12.2. The zero-order chi connectivity index (χ0) is 17.1. The van der Waals surface area contributed by atoms with Gasteiger partial charge in [0.25, 0.3) is 0 Å². The van der Waals surface area contributed by atoms with Crippen LogP contribution >= 0.6 is 0 Å². The van der Waals surface area contributed by atoms with Gasteiger partial charge in [-0.05, 0) is 17.7 Å². The Labute approximate surface area is 146 Å². The first-order valence-electron chi connectivity index (χ1n) is 8.42. The van der Waals surface area contributed by atoms with Crippen LogP contribution in [0.25, 0.3) is 0 Å². The number of carbonyl (C=O) groups is 1. The fourth-order valence-corrected chi connectivity index (χ4v) is 3.01. The fourth-order valence-electron chi connectivity index (χ4n) is 3.01. The zero-order valence-electron chi connectivity index (χ0n) is 13.8. The van der Waals surface area contributed by atoms with Crippen molar-refractivity contribution in [2.75, 3.05) is 31.2 Å². The molecule has 2 aliphatic rings. The number of anilines is 1. The highest BCUT2D eigenvalue weighted by Gasteiger charge is 2.32. The van der Waals surface area contributed by atoms with Crippen molar-refractivity contribution >= 4 is 11.8 Å². The molecular formula is C19H20N2O4. The normalized spacial score (nSPS) is 19.0. The number of cyclic esters (lactones) is 1. The number of carbonyl (C=O) groups excluding carboxylic acids is 1. The minimum absolute atomic E-state index is 0.176. The lowest BCUT2D eigenvalue weighted by Gasteiger charge is -2.21. The van der Waals surface area contributed by atoms with Gasteiger partial charge in [-0.1, -0.05) is 30.3 Å². The predicted octanol–water partition coefficient (Wildman–Crippen LogP) is 2.57. The molecule has 2 heterocycles. The fraction of sp³-hybridized carbons (Fsp3) is 0.316. The summed E-state index contributed by atoms with van der Waals surface area (Å²) in [6, 6.07) is 15.7. The van der Waals surface area contributed by atoms with Crippen LogP contribution in [0.5, 0.6) is 11.5 Å². The minimum Gasteiger partial charge on any atom is -0.486 e. The first kappa shape index (κ1) is 15.8. The Bertz CT molecular complexity index is 750. The molecule has 25 heavy (non-hydrogen) atoms. The van der Waals surface area contributed by atoms with Gasteiger partial charge < -0.3 is 19.5 Å². The quantitative estimate of drug-likeness (QED) is 0.906. The van der Waals surface area contributed by atoms with Gasteiger partial charge in [0.2, 0.25) is 0 Å². The highest BCUT2D eigenvalue weighted by atomic mass is 16.6. The van der Waals surface area contributed by atoms with Gasteiger partial charge in [-0.2, -0.15) is 0 Å². The van der Waals surface area contributed by atoms with Gasteiger partial charge in [-0.25, -0.2) is 4.79 Å². The standard InChI is InChI=1S/C19H20N2O4/c22-19-21(15-6-7-17-18(10-15)24-9-8-23-17)13-16(25-19)12-20-11-14-4-2-1-3-5-14/h1-7,10,16,20H,8-9,11-13H2. The average Bonchev–Trinajstić information content (AvgIpc) is 3.03. The third-order valence-electron chi connectivity index (χ3n) is 4.26. The molecule has 1 atom stereocenters. The summed E-state index contributed by atoms with van der Waals surface area (Å²) in [4.78, 5) is 13.8. The molecule has 6 nitrogen and oxygen atoms in total. The molecule has 1 amide bonds. The molecule has 1 unspecified atom stereocenters. The Morgan fingerprint density at radius 1 is 1.04 bits per heavy atom. The summed E-state index contributed by atoms with van der Waals surface area (Å²) in [7, 11) is 0. The lowest BCUT2D eigenvalue weighted by Crippen LogP contribution is -2.30. The molecule has 6 heteroatoms. The minimum atomic E-state index is -0.330. The van der Waals surface area contributed by atoms with Crippen LogP contribution in [-0.2, 0) is 11.3 Å². The molecule has 2 aromatic rings. The SMILES string of the molecule is O=C1OC(CNCc2ccccc2)CN1c1ccc2c(c1)OCCO2. The monoisotopic (exact) mass is 340 g/mol. The number of benzene rings is 2. The van der Waals surface area contributed by atoms with Crippen LogP contribution in [0.4, 0.5) is 10.5 Å². The van der Waals surface area contributed by atoms with Gasteiger partial charge in [0.15, 0.2) is 11.5 Å². The van der Waals surface area contributed by atoms with E-state index in [1.807, 2.05) is 36.4 Å². The molecule has 1 N–H and O–H groups in total. The second-order valence-corrected chi connectivity index (χ2v) is 6.06. The largest absolute Gasteiger partial charge is 0.486 e. The first-order valence-corrected chi connectivity index (χ1v) is 8.42. The number of nitrogens with zero attached hydrogens (tertiary/aromatic N) is 1. The van der Waals surface area contributed by atoms with Gasteiger partial charge >= 0.3 is 6.09 Å². The van der Waals surface area contributed by atoms with Crippen LogP contribution in [0.1, 0.15) is 5.56 Å². The molecule has 0 aliphatic carbocycles. The molecule has 0 spiro atoms. The molecule has 2 aliphatic heterocycles. The van der Waals surface area contributed by atoms with Crippen molar-refractivity contribution in [3.63, 3.8) is 0 Å². The predicted molar refractivity (Wildman–Crippen MR) is 93.2 cm³/mol. The highest BCUT2D eigenvalue weighted by Crippen LogP contribution is 2.35. The summed E-state index contributed by atoms with van der Waals surface area (Å²) in [5, 5.41) is 3.34. The topological polar surface area (TPSA) is 60.0 Å². The zero-order valence-corrected chi connectivity index (χ0v) is 13.8. The Hall–Kier alpha value is -2.73. The van der Waals surface area contributed by atoms with Crippen LogP contribution in [0, 0.1) is 0 Å². The second kappa shape index (κ2) is 7.03. The summed E-state index contributed by atoms with van der Waals surface area (Å²) in [5.74, 6) is 1.38. The molecule has 0 aromatic heterocycles. The van der Waals surface area contributed by atoms with Crippen molar-refractivity contribution in [2.24, 2.45) is 0 Å². The van der Waals surface area contributed by atoms with E-state index in [2.05, 4.69) is 17.4 Å². The summed E-state index contributed by atoms with van der Waals surface area (Å²) in [6.45, 7) is 2.95. The summed E-state index contributed by atoms with van der Waals surface area (Å²) >= 11 is 0. The van der Waals surface area contributed by atoms with Gasteiger partial charge in [-0.15, -0.1) is 0 Å². The Morgan fingerprint density at radius 2 is 1.84 bits per heavy atom. The number of hydrogen-bond acceptors (Lipinski definition) is 5. The van der Waals surface area contributed by atoms with E-state index in [9.17, 15) is 4.79 Å². The molecule has 4 rings (SSSR count). The third-order valence-corrected chi connectivity index (χ3v) is 4.26. The van der Waals surface area contributed by atoms with Crippen LogP contribution in [0.3, 0.4) is 0 Å². The average molecular weight is 340 g/mol.